The summed E-state index contributed by atoms with van der Waals surface area (Å²) in [5.41, 5.74) is 1.42. The highest BCUT2D eigenvalue weighted by Gasteiger charge is 2.59. The van der Waals surface area contributed by atoms with E-state index in [1.807, 2.05) is 37.3 Å². The van der Waals surface area contributed by atoms with Gasteiger partial charge in [0.25, 0.3) is 5.91 Å². The van der Waals surface area contributed by atoms with Crippen molar-refractivity contribution < 1.29 is 19.2 Å². The minimum Gasteiger partial charge on any atom is -0.494 e. The molecule has 0 radical (unpaired) electrons. The summed E-state index contributed by atoms with van der Waals surface area (Å²) >= 11 is 0. The van der Waals surface area contributed by atoms with Gasteiger partial charge in [0.1, 0.15) is 5.75 Å². The Morgan fingerprint density at radius 2 is 1.62 bits per heavy atom. The van der Waals surface area contributed by atoms with Crippen LogP contribution in [-0.2, 0) is 14.4 Å². The zero-order valence-electron chi connectivity index (χ0n) is 16.8. The number of fused-ring (bicyclic) bond motifs is 1. The van der Waals surface area contributed by atoms with Crippen molar-refractivity contribution in [2.75, 3.05) is 16.6 Å². The largest absolute Gasteiger partial charge is 0.494 e. The summed E-state index contributed by atoms with van der Waals surface area (Å²) in [7, 11) is 0. The lowest BCUT2D eigenvalue weighted by Gasteiger charge is -2.28. The van der Waals surface area contributed by atoms with Crippen LogP contribution in [0.3, 0.4) is 0 Å². The van der Waals surface area contributed by atoms with E-state index in [0.29, 0.717) is 12.3 Å². The van der Waals surface area contributed by atoms with E-state index in [1.165, 1.54) is 4.90 Å². The van der Waals surface area contributed by atoms with E-state index in [0.717, 1.165) is 30.7 Å². The molecule has 0 spiro atoms. The molecule has 2 aliphatic rings. The van der Waals surface area contributed by atoms with Crippen molar-refractivity contribution in [3.63, 3.8) is 0 Å². The van der Waals surface area contributed by atoms with Crippen molar-refractivity contribution in [1.29, 1.82) is 0 Å². The fourth-order valence-corrected chi connectivity index (χ4v) is 4.08. The Bertz CT molecular complexity index is 868. The number of nitrogens with zero attached hydrogens (tertiary/aromatic N) is 2. The summed E-state index contributed by atoms with van der Waals surface area (Å²) in [5, 5.41) is 1.76. The number of para-hydroxylation sites is 1. The van der Waals surface area contributed by atoms with Gasteiger partial charge in [0.05, 0.1) is 29.9 Å². The second kappa shape index (κ2) is 8.25. The van der Waals surface area contributed by atoms with Crippen LogP contribution in [-0.4, -0.2) is 30.6 Å². The SMILES string of the molecule is CCCOc1ccc(N2C(=O)[C@@H]3[C@H](ON(c4ccccc4)[C@@H]3CCC)C2=O)cc1. The minimum absolute atomic E-state index is 0.166. The molecule has 0 aliphatic carbocycles. The molecule has 2 saturated heterocycles. The third kappa shape index (κ3) is 3.49. The molecule has 4 rings (SSSR count). The van der Waals surface area contributed by atoms with Crippen LogP contribution in [0.1, 0.15) is 33.1 Å². The van der Waals surface area contributed by atoms with Gasteiger partial charge in [-0.15, -0.1) is 0 Å². The molecular formula is C23H26N2O4. The van der Waals surface area contributed by atoms with Crippen molar-refractivity contribution in [1.82, 2.24) is 0 Å². The van der Waals surface area contributed by atoms with Crippen molar-refractivity contribution in [3.05, 3.63) is 54.6 Å². The maximum absolute atomic E-state index is 13.3. The van der Waals surface area contributed by atoms with Crippen LogP contribution in [0.4, 0.5) is 11.4 Å². The Morgan fingerprint density at radius 3 is 2.28 bits per heavy atom. The zero-order valence-corrected chi connectivity index (χ0v) is 16.8. The number of carbonyl (C=O) groups is 2. The molecule has 0 bridgehead atoms. The number of imide groups is 1. The molecule has 29 heavy (non-hydrogen) atoms. The van der Waals surface area contributed by atoms with Crippen LogP contribution in [0.5, 0.6) is 5.75 Å². The molecule has 2 heterocycles. The van der Waals surface area contributed by atoms with Gasteiger partial charge in [-0.2, -0.15) is 0 Å². The van der Waals surface area contributed by atoms with Gasteiger partial charge in [0, 0.05) is 0 Å². The van der Waals surface area contributed by atoms with Gasteiger partial charge >= 0.3 is 0 Å². The number of benzene rings is 2. The van der Waals surface area contributed by atoms with Gasteiger partial charge in [0.2, 0.25) is 5.91 Å². The van der Waals surface area contributed by atoms with Crippen LogP contribution in [0, 0.1) is 5.92 Å². The molecule has 0 unspecified atom stereocenters. The lowest BCUT2D eigenvalue weighted by Crippen LogP contribution is -2.40. The lowest BCUT2D eigenvalue weighted by molar-refractivity contribution is -0.126. The van der Waals surface area contributed by atoms with Gasteiger partial charge in [-0.1, -0.05) is 38.5 Å². The monoisotopic (exact) mass is 394 g/mol. The van der Waals surface area contributed by atoms with Crippen LogP contribution < -0.4 is 14.7 Å². The minimum atomic E-state index is -0.782. The quantitative estimate of drug-likeness (QED) is 0.666. The van der Waals surface area contributed by atoms with E-state index in [1.54, 1.807) is 29.3 Å². The normalized spacial score (nSPS) is 23.6. The second-order valence-corrected chi connectivity index (χ2v) is 7.42. The first kappa shape index (κ1) is 19.5. The van der Waals surface area contributed by atoms with E-state index in [4.69, 9.17) is 9.57 Å². The molecule has 2 aromatic carbocycles. The molecule has 2 amide bonds. The second-order valence-electron chi connectivity index (χ2n) is 7.42. The number of anilines is 2. The van der Waals surface area contributed by atoms with Crippen LogP contribution in [0.15, 0.2) is 54.6 Å². The van der Waals surface area contributed by atoms with Crippen LogP contribution in [0.25, 0.3) is 0 Å². The number of hydroxylamine groups is 1. The molecule has 2 aromatic rings. The van der Waals surface area contributed by atoms with E-state index >= 15 is 0 Å². The molecule has 0 aromatic heterocycles. The van der Waals surface area contributed by atoms with Crippen molar-refractivity contribution in [2.24, 2.45) is 5.92 Å². The molecule has 2 aliphatic heterocycles. The Hall–Kier alpha value is -2.86. The summed E-state index contributed by atoms with van der Waals surface area (Å²) in [4.78, 5) is 33.7. The highest BCUT2D eigenvalue weighted by Crippen LogP contribution is 2.41. The molecule has 152 valence electrons. The Kier molecular flexibility index (Phi) is 5.53. The topological polar surface area (TPSA) is 59.1 Å². The van der Waals surface area contributed by atoms with Gasteiger partial charge < -0.3 is 4.74 Å². The van der Waals surface area contributed by atoms with Crippen LogP contribution >= 0.6 is 0 Å². The van der Waals surface area contributed by atoms with E-state index in [-0.39, 0.29) is 17.9 Å². The summed E-state index contributed by atoms with van der Waals surface area (Å²) in [5.74, 6) is -0.273. The highest BCUT2D eigenvalue weighted by molar-refractivity contribution is 6.23. The van der Waals surface area contributed by atoms with Gasteiger partial charge in [-0.25, -0.2) is 9.96 Å². The maximum Gasteiger partial charge on any atom is 0.266 e. The predicted octanol–water partition coefficient (Wildman–Crippen LogP) is 3.95. The third-order valence-corrected chi connectivity index (χ3v) is 5.40. The van der Waals surface area contributed by atoms with E-state index in [2.05, 4.69) is 6.92 Å². The van der Waals surface area contributed by atoms with Crippen molar-refractivity contribution in [2.45, 2.75) is 45.3 Å². The third-order valence-electron chi connectivity index (χ3n) is 5.40. The number of amides is 2. The van der Waals surface area contributed by atoms with E-state index in [9.17, 15) is 9.59 Å². The lowest BCUT2D eigenvalue weighted by atomic mass is 9.93. The number of rotatable bonds is 7. The predicted molar refractivity (Wildman–Crippen MR) is 111 cm³/mol. The van der Waals surface area contributed by atoms with Gasteiger partial charge in [0.15, 0.2) is 6.10 Å². The first-order valence-electron chi connectivity index (χ1n) is 10.3. The van der Waals surface area contributed by atoms with E-state index < -0.39 is 12.0 Å². The molecule has 3 atom stereocenters. The molecule has 0 N–H and O–H groups in total. The number of carbonyl (C=O) groups excluding carboxylic acids is 2. The summed E-state index contributed by atoms with van der Waals surface area (Å²) in [6.07, 6.45) is 1.80. The summed E-state index contributed by atoms with van der Waals surface area (Å²) < 4.78 is 5.59. The Morgan fingerprint density at radius 1 is 0.897 bits per heavy atom. The average molecular weight is 394 g/mol. The summed E-state index contributed by atoms with van der Waals surface area (Å²) in [6.45, 7) is 4.75. The molecule has 6 heteroatoms. The first-order chi connectivity index (χ1) is 14.2. The Labute approximate surface area is 171 Å². The summed E-state index contributed by atoms with van der Waals surface area (Å²) in [6, 6.07) is 16.6. The standard InChI is InChI=1S/C23H26N2O4/c1-3-8-19-20-21(29-25(19)17-9-6-5-7-10-17)23(27)24(22(20)26)16-11-13-18(14-12-16)28-15-4-2/h5-7,9-14,19-21H,3-4,8,15H2,1-2H3/t19-,20+,21+/m1/s1. The number of hydrogen-bond donors (Lipinski definition) is 0. The van der Waals surface area contributed by atoms with Crippen molar-refractivity contribution >= 4 is 23.2 Å². The number of ether oxygens (including phenoxy) is 1. The fourth-order valence-electron chi connectivity index (χ4n) is 4.08. The maximum atomic E-state index is 13.3. The smallest absolute Gasteiger partial charge is 0.266 e. The average Bonchev–Trinajstić information content (AvgIpc) is 3.24. The molecule has 2 fully saturated rings. The zero-order chi connectivity index (χ0) is 20.4. The first-order valence-corrected chi connectivity index (χ1v) is 10.3. The molecular weight excluding hydrogens is 368 g/mol. The highest BCUT2D eigenvalue weighted by atomic mass is 16.7. The molecule has 0 saturated carbocycles. The fraction of sp³-hybridized carbons (Fsp3) is 0.391. The Balaban J connectivity index is 1.59. The van der Waals surface area contributed by atoms with Crippen molar-refractivity contribution in [3.8, 4) is 5.75 Å². The van der Waals surface area contributed by atoms with Crippen LogP contribution in [0.2, 0.25) is 0 Å². The number of hydrogen-bond acceptors (Lipinski definition) is 5. The molecule has 6 nitrogen and oxygen atoms in total. The van der Waals surface area contributed by atoms with Gasteiger partial charge in [-0.3, -0.25) is 14.4 Å². The van der Waals surface area contributed by atoms with Gasteiger partial charge in [-0.05, 0) is 49.2 Å².